The molecule has 1 atom stereocenters. The van der Waals surface area contributed by atoms with Gasteiger partial charge in [0, 0.05) is 37.2 Å². The van der Waals surface area contributed by atoms with Crippen LogP contribution in [-0.4, -0.2) is 42.7 Å². The summed E-state index contributed by atoms with van der Waals surface area (Å²) < 4.78 is 1.08. The van der Waals surface area contributed by atoms with Crippen LogP contribution >= 0.6 is 15.9 Å². The summed E-state index contributed by atoms with van der Waals surface area (Å²) in [4.78, 5) is 4.96. The molecule has 2 rings (SSSR count). The zero-order valence-corrected chi connectivity index (χ0v) is 14.2. The average molecular weight is 341 g/mol. The molecule has 1 aliphatic heterocycles. The van der Waals surface area contributed by atoms with E-state index < -0.39 is 6.10 Å². The van der Waals surface area contributed by atoms with Gasteiger partial charge in [-0.25, -0.2) is 0 Å². The molecule has 1 saturated heterocycles. The molecule has 1 fully saturated rings. The minimum atomic E-state index is -0.414. The highest BCUT2D eigenvalue weighted by molar-refractivity contribution is 9.10. The normalized spacial score (nSPS) is 18.6. The van der Waals surface area contributed by atoms with Gasteiger partial charge in [-0.15, -0.1) is 0 Å². The van der Waals surface area contributed by atoms with Gasteiger partial charge in [-0.1, -0.05) is 19.9 Å². The monoisotopic (exact) mass is 340 g/mol. The Labute approximate surface area is 130 Å². The molecule has 0 spiro atoms. The Bertz CT molecular complexity index is 440. The molecular formula is C16H25BrN2O. The third-order valence-electron chi connectivity index (χ3n) is 3.79. The molecule has 1 aromatic carbocycles. The maximum atomic E-state index is 9.63. The van der Waals surface area contributed by atoms with E-state index in [1.165, 1.54) is 12.2 Å². The second kappa shape index (κ2) is 6.92. The van der Waals surface area contributed by atoms with E-state index in [9.17, 15) is 5.11 Å². The summed E-state index contributed by atoms with van der Waals surface area (Å²) in [5, 5.41) is 9.63. The Morgan fingerprint density at radius 3 is 2.30 bits per heavy atom. The fourth-order valence-electron chi connectivity index (χ4n) is 2.73. The van der Waals surface area contributed by atoms with E-state index in [1.807, 2.05) is 12.1 Å². The van der Waals surface area contributed by atoms with Gasteiger partial charge in [0.25, 0.3) is 0 Å². The first-order valence-electron chi connectivity index (χ1n) is 7.42. The van der Waals surface area contributed by atoms with Crippen molar-refractivity contribution in [3.63, 3.8) is 0 Å². The van der Waals surface area contributed by atoms with Crippen molar-refractivity contribution in [1.82, 2.24) is 4.90 Å². The highest BCUT2D eigenvalue weighted by atomic mass is 79.9. The lowest BCUT2D eigenvalue weighted by Crippen LogP contribution is -2.47. The number of aliphatic hydroxyl groups is 1. The summed E-state index contributed by atoms with van der Waals surface area (Å²) in [5.41, 5.74) is 2.19. The number of hydrogen-bond donors (Lipinski definition) is 1. The van der Waals surface area contributed by atoms with Crippen molar-refractivity contribution in [3.05, 3.63) is 28.2 Å². The molecule has 0 saturated carbocycles. The molecule has 0 amide bonds. The summed E-state index contributed by atoms with van der Waals surface area (Å²) in [7, 11) is 0. The number of anilines is 1. The molecule has 4 heteroatoms. The van der Waals surface area contributed by atoms with Crippen molar-refractivity contribution in [2.24, 2.45) is 5.92 Å². The van der Waals surface area contributed by atoms with Gasteiger partial charge in [0.2, 0.25) is 0 Å². The molecule has 0 bridgehead atoms. The Hall–Kier alpha value is -0.580. The van der Waals surface area contributed by atoms with Crippen LogP contribution in [0.4, 0.5) is 5.69 Å². The van der Waals surface area contributed by atoms with Gasteiger partial charge in [-0.3, -0.25) is 4.90 Å². The zero-order valence-electron chi connectivity index (χ0n) is 12.6. The van der Waals surface area contributed by atoms with Crippen molar-refractivity contribution in [3.8, 4) is 0 Å². The number of halogens is 1. The van der Waals surface area contributed by atoms with Crippen molar-refractivity contribution >= 4 is 21.6 Å². The first kappa shape index (κ1) is 15.8. The largest absolute Gasteiger partial charge is 0.389 e. The second-order valence-corrected chi connectivity index (χ2v) is 6.92. The third-order valence-corrected chi connectivity index (χ3v) is 4.43. The summed E-state index contributed by atoms with van der Waals surface area (Å²) in [6.07, 6.45) is -0.414. The van der Waals surface area contributed by atoms with Gasteiger partial charge >= 0.3 is 0 Å². The van der Waals surface area contributed by atoms with Gasteiger partial charge in [-0.2, -0.15) is 0 Å². The predicted molar refractivity (Wildman–Crippen MR) is 88.3 cm³/mol. The van der Waals surface area contributed by atoms with Crippen LogP contribution in [0.15, 0.2) is 22.7 Å². The number of aliphatic hydroxyl groups excluding tert-OH is 1. The molecule has 20 heavy (non-hydrogen) atoms. The maximum absolute atomic E-state index is 9.63. The van der Waals surface area contributed by atoms with Gasteiger partial charge in [0.15, 0.2) is 0 Å². The quantitative estimate of drug-likeness (QED) is 0.911. The van der Waals surface area contributed by atoms with Crippen molar-refractivity contribution in [2.75, 3.05) is 37.6 Å². The summed E-state index contributed by atoms with van der Waals surface area (Å²) in [6.45, 7) is 11.9. The SMILES string of the molecule is CC(C)CN1CCN(c2ccc([C@@H](C)O)cc2Br)CC1. The fourth-order valence-corrected chi connectivity index (χ4v) is 3.37. The molecule has 0 aromatic heterocycles. The Morgan fingerprint density at radius 1 is 1.15 bits per heavy atom. The first-order chi connectivity index (χ1) is 9.47. The van der Waals surface area contributed by atoms with Crippen molar-refractivity contribution < 1.29 is 5.11 Å². The van der Waals surface area contributed by atoms with E-state index in [2.05, 4.69) is 45.6 Å². The number of piperazine rings is 1. The van der Waals surface area contributed by atoms with E-state index in [4.69, 9.17) is 0 Å². The number of hydrogen-bond acceptors (Lipinski definition) is 3. The highest BCUT2D eigenvalue weighted by Gasteiger charge is 2.19. The van der Waals surface area contributed by atoms with E-state index in [0.29, 0.717) is 0 Å². The highest BCUT2D eigenvalue weighted by Crippen LogP contribution is 2.30. The molecule has 112 valence electrons. The smallest absolute Gasteiger partial charge is 0.0762 e. The van der Waals surface area contributed by atoms with E-state index >= 15 is 0 Å². The van der Waals surface area contributed by atoms with E-state index in [0.717, 1.165) is 42.1 Å². The van der Waals surface area contributed by atoms with Crippen LogP contribution < -0.4 is 4.90 Å². The fraction of sp³-hybridized carbons (Fsp3) is 0.625. The second-order valence-electron chi connectivity index (χ2n) is 6.07. The van der Waals surface area contributed by atoms with Crippen molar-refractivity contribution in [1.29, 1.82) is 0 Å². The van der Waals surface area contributed by atoms with Crippen LogP contribution in [0.25, 0.3) is 0 Å². The molecule has 0 aliphatic carbocycles. The number of benzene rings is 1. The minimum Gasteiger partial charge on any atom is -0.389 e. The molecule has 0 unspecified atom stereocenters. The lowest BCUT2D eigenvalue weighted by molar-refractivity contribution is 0.199. The Balaban J connectivity index is 2.00. The number of nitrogens with zero attached hydrogens (tertiary/aromatic N) is 2. The summed E-state index contributed by atoms with van der Waals surface area (Å²) in [6, 6.07) is 6.16. The predicted octanol–water partition coefficient (Wildman–Crippen LogP) is 3.28. The Morgan fingerprint density at radius 2 is 1.80 bits per heavy atom. The lowest BCUT2D eigenvalue weighted by Gasteiger charge is -2.37. The minimum absolute atomic E-state index is 0.414. The van der Waals surface area contributed by atoms with Gasteiger partial charge in [-0.05, 0) is 46.5 Å². The van der Waals surface area contributed by atoms with Crippen LogP contribution in [0.5, 0.6) is 0 Å². The maximum Gasteiger partial charge on any atom is 0.0762 e. The first-order valence-corrected chi connectivity index (χ1v) is 8.21. The van der Waals surface area contributed by atoms with Crippen LogP contribution in [0.1, 0.15) is 32.4 Å². The molecule has 0 radical (unpaired) electrons. The van der Waals surface area contributed by atoms with E-state index in [-0.39, 0.29) is 0 Å². The van der Waals surface area contributed by atoms with Gasteiger partial charge in [0.05, 0.1) is 11.8 Å². The number of rotatable bonds is 4. The molecule has 1 aliphatic rings. The van der Waals surface area contributed by atoms with Gasteiger partial charge in [0.1, 0.15) is 0 Å². The van der Waals surface area contributed by atoms with Crippen LogP contribution in [0.3, 0.4) is 0 Å². The third kappa shape index (κ3) is 3.96. The van der Waals surface area contributed by atoms with Crippen LogP contribution in [0.2, 0.25) is 0 Å². The van der Waals surface area contributed by atoms with E-state index in [1.54, 1.807) is 6.92 Å². The molecule has 1 heterocycles. The van der Waals surface area contributed by atoms with Crippen LogP contribution in [-0.2, 0) is 0 Å². The standard InChI is InChI=1S/C16H25BrN2O/c1-12(2)11-18-6-8-19(9-7-18)16-5-4-14(13(3)20)10-15(16)17/h4-5,10,12-13,20H,6-9,11H2,1-3H3/t13-/m1/s1. The van der Waals surface area contributed by atoms with Gasteiger partial charge < -0.3 is 10.0 Å². The van der Waals surface area contributed by atoms with Crippen LogP contribution in [0, 0.1) is 5.92 Å². The molecule has 1 N–H and O–H groups in total. The topological polar surface area (TPSA) is 26.7 Å². The molecular weight excluding hydrogens is 316 g/mol. The average Bonchev–Trinajstić information content (AvgIpc) is 2.39. The van der Waals surface area contributed by atoms with Crippen molar-refractivity contribution in [2.45, 2.75) is 26.9 Å². The summed E-state index contributed by atoms with van der Waals surface area (Å²) in [5.74, 6) is 0.735. The molecule has 1 aromatic rings. The summed E-state index contributed by atoms with van der Waals surface area (Å²) >= 11 is 3.64. The molecule has 3 nitrogen and oxygen atoms in total. The zero-order chi connectivity index (χ0) is 14.7. The Kier molecular flexibility index (Phi) is 5.47. The lowest BCUT2D eigenvalue weighted by atomic mass is 10.1.